The molecule has 0 aliphatic heterocycles. The monoisotopic (exact) mass is 464 g/mol. The summed E-state index contributed by atoms with van der Waals surface area (Å²) in [5, 5.41) is 20.6. The molecule has 0 amide bonds. The van der Waals surface area contributed by atoms with E-state index in [2.05, 4.69) is 4.99 Å². The minimum Gasteiger partial charge on any atom is -0.507 e. The Balaban J connectivity index is 1.47. The lowest BCUT2D eigenvalue weighted by Gasteiger charge is -2.11. The number of aliphatic imine (C=N–C) groups is 2. The summed E-state index contributed by atoms with van der Waals surface area (Å²) in [4.78, 5) is 9.24. The molecule has 35 heavy (non-hydrogen) atoms. The van der Waals surface area contributed by atoms with Crippen LogP contribution in [0.4, 0.5) is 0 Å². The predicted molar refractivity (Wildman–Crippen MR) is 141 cm³/mol. The van der Waals surface area contributed by atoms with Crippen molar-refractivity contribution in [2.75, 3.05) is 6.54 Å². The number of phenols is 2. The van der Waals surface area contributed by atoms with Gasteiger partial charge in [-0.2, -0.15) is 0 Å². The van der Waals surface area contributed by atoms with Gasteiger partial charge in [0.25, 0.3) is 0 Å². The normalized spacial score (nSPS) is 12.3. The fourth-order valence-corrected chi connectivity index (χ4v) is 3.56. The molecule has 0 saturated carbocycles. The van der Waals surface area contributed by atoms with Crippen molar-refractivity contribution in [1.29, 1.82) is 0 Å². The van der Waals surface area contributed by atoms with E-state index in [0.29, 0.717) is 30.0 Å². The first-order valence-corrected chi connectivity index (χ1v) is 11.5. The minimum absolute atomic E-state index is 0.0965. The fraction of sp³-hybridized carbons (Fsp3) is 0.133. The first-order valence-electron chi connectivity index (χ1n) is 11.5. The summed E-state index contributed by atoms with van der Waals surface area (Å²) >= 11 is 0. The molecule has 1 unspecified atom stereocenters. The zero-order valence-electron chi connectivity index (χ0n) is 19.6. The Labute approximate surface area is 205 Å². The Kier molecular flexibility index (Phi) is 7.92. The molecule has 0 heterocycles. The first-order chi connectivity index (χ1) is 17.1. The smallest absolute Gasteiger partial charge is 0.128 e. The summed E-state index contributed by atoms with van der Waals surface area (Å²) in [6, 6.07) is 30.2. The Hall–Kier alpha value is -4.38. The lowest BCUT2D eigenvalue weighted by Crippen LogP contribution is -2.02. The van der Waals surface area contributed by atoms with Crippen LogP contribution < -0.4 is 4.74 Å². The van der Waals surface area contributed by atoms with Crippen LogP contribution in [0.1, 0.15) is 33.9 Å². The molecule has 176 valence electrons. The summed E-state index contributed by atoms with van der Waals surface area (Å²) < 4.78 is 5.79. The zero-order chi connectivity index (χ0) is 24.5. The van der Waals surface area contributed by atoms with Crippen LogP contribution in [0, 0.1) is 6.92 Å². The van der Waals surface area contributed by atoms with Crippen molar-refractivity contribution in [3.8, 4) is 17.2 Å². The second-order valence-electron chi connectivity index (χ2n) is 8.26. The van der Waals surface area contributed by atoms with E-state index < -0.39 is 0 Å². The van der Waals surface area contributed by atoms with Crippen molar-refractivity contribution in [3.63, 3.8) is 0 Å². The van der Waals surface area contributed by atoms with E-state index in [1.165, 1.54) is 0 Å². The van der Waals surface area contributed by atoms with Gasteiger partial charge >= 0.3 is 0 Å². The molecule has 0 aliphatic rings. The van der Waals surface area contributed by atoms with Crippen LogP contribution in [0.25, 0.3) is 0 Å². The molecule has 4 rings (SSSR count). The third kappa shape index (κ3) is 6.81. The molecule has 1 atom stereocenters. The highest BCUT2D eigenvalue weighted by Gasteiger charge is 2.09. The summed E-state index contributed by atoms with van der Waals surface area (Å²) in [5.41, 5.74) is 4.31. The maximum Gasteiger partial charge on any atom is 0.128 e. The van der Waals surface area contributed by atoms with Crippen LogP contribution in [0.3, 0.4) is 0 Å². The molecular formula is C30H28N2O3. The van der Waals surface area contributed by atoms with Crippen LogP contribution in [0.5, 0.6) is 17.2 Å². The van der Waals surface area contributed by atoms with Gasteiger partial charge in [0.05, 0.1) is 12.6 Å². The van der Waals surface area contributed by atoms with E-state index in [-0.39, 0.29) is 17.5 Å². The van der Waals surface area contributed by atoms with Crippen molar-refractivity contribution >= 4 is 12.4 Å². The standard InChI is InChI=1S/C30H28N2O3/c1-22-12-13-25(29(33)16-22)18-31-20-28(24-10-6-3-7-11-24)32-19-26-14-15-27(17-30(26)34)35-21-23-8-4-2-5-9-23/h2-19,28,33-34H,20-21H2,1H3. The summed E-state index contributed by atoms with van der Waals surface area (Å²) in [5.74, 6) is 0.887. The summed E-state index contributed by atoms with van der Waals surface area (Å²) in [6.07, 6.45) is 3.32. The molecule has 5 heteroatoms. The third-order valence-corrected chi connectivity index (χ3v) is 5.52. The topological polar surface area (TPSA) is 74.4 Å². The number of phenolic OH excluding ortho intramolecular Hbond substituents is 2. The second-order valence-corrected chi connectivity index (χ2v) is 8.26. The molecular weight excluding hydrogens is 436 g/mol. The predicted octanol–water partition coefficient (Wildman–Crippen LogP) is 6.26. The molecule has 5 nitrogen and oxygen atoms in total. The zero-order valence-corrected chi connectivity index (χ0v) is 19.6. The molecule has 0 saturated heterocycles. The maximum absolute atomic E-state index is 10.5. The van der Waals surface area contributed by atoms with Crippen molar-refractivity contribution < 1.29 is 14.9 Å². The van der Waals surface area contributed by atoms with E-state index in [0.717, 1.165) is 16.7 Å². The van der Waals surface area contributed by atoms with Crippen LogP contribution in [-0.2, 0) is 6.61 Å². The van der Waals surface area contributed by atoms with Crippen molar-refractivity contribution in [3.05, 3.63) is 125 Å². The van der Waals surface area contributed by atoms with Gasteiger partial charge < -0.3 is 14.9 Å². The van der Waals surface area contributed by atoms with Gasteiger partial charge in [-0.25, -0.2) is 0 Å². The highest BCUT2D eigenvalue weighted by atomic mass is 16.5. The molecule has 0 spiro atoms. The number of nitrogens with zero attached hydrogens (tertiary/aromatic N) is 2. The lowest BCUT2D eigenvalue weighted by atomic mass is 10.1. The van der Waals surface area contributed by atoms with Gasteiger partial charge in [-0.3, -0.25) is 9.98 Å². The van der Waals surface area contributed by atoms with E-state index >= 15 is 0 Å². The van der Waals surface area contributed by atoms with Crippen LogP contribution in [-0.4, -0.2) is 29.2 Å². The molecule has 0 fully saturated rings. The molecule has 0 aromatic heterocycles. The largest absolute Gasteiger partial charge is 0.507 e. The molecule has 0 aliphatic carbocycles. The average molecular weight is 465 g/mol. The number of aromatic hydroxyl groups is 2. The van der Waals surface area contributed by atoms with Crippen LogP contribution in [0.2, 0.25) is 0 Å². The van der Waals surface area contributed by atoms with E-state index in [9.17, 15) is 10.2 Å². The second kappa shape index (κ2) is 11.7. The Morgan fingerprint density at radius 3 is 2.14 bits per heavy atom. The molecule has 0 radical (unpaired) electrons. The van der Waals surface area contributed by atoms with Gasteiger partial charge in [-0.05, 0) is 47.9 Å². The Bertz CT molecular complexity index is 1300. The van der Waals surface area contributed by atoms with Crippen molar-refractivity contribution in [1.82, 2.24) is 0 Å². The third-order valence-electron chi connectivity index (χ3n) is 5.52. The number of hydrogen-bond acceptors (Lipinski definition) is 5. The van der Waals surface area contributed by atoms with Gasteiger partial charge in [0.15, 0.2) is 0 Å². The molecule has 2 N–H and O–H groups in total. The Morgan fingerprint density at radius 2 is 1.43 bits per heavy atom. The van der Waals surface area contributed by atoms with Crippen LogP contribution in [0.15, 0.2) is 107 Å². The number of ether oxygens (including phenoxy) is 1. The molecule has 4 aromatic carbocycles. The molecule has 4 aromatic rings. The van der Waals surface area contributed by atoms with Crippen molar-refractivity contribution in [2.45, 2.75) is 19.6 Å². The van der Waals surface area contributed by atoms with Gasteiger partial charge in [-0.1, -0.05) is 66.7 Å². The quantitative estimate of drug-likeness (QED) is 0.287. The van der Waals surface area contributed by atoms with Gasteiger partial charge in [-0.15, -0.1) is 0 Å². The van der Waals surface area contributed by atoms with E-state index in [4.69, 9.17) is 9.73 Å². The first kappa shape index (κ1) is 23.8. The van der Waals surface area contributed by atoms with Gasteiger partial charge in [0.2, 0.25) is 0 Å². The van der Waals surface area contributed by atoms with E-state index in [1.807, 2.05) is 85.8 Å². The van der Waals surface area contributed by atoms with Crippen LogP contribution >= 0.6 is 0 Å². The summed E-state index contributed by atoms with van der Waals surface area (Å²) in [7, 11) is 0. The minimum atomic E-state index is -0.242. The summed E-state index contributed by atoms with van der Waals surface area (Å²) in [6.45, 7) is 2.75. The highest BCUT2D eigenvalue weighted by Crippen LogP contribution is 2.25. The van der Waals surface area contributed by atoms with Gasteiger partial charge in [0, 0.05) is 29.6 Å². The number of hydrogen-bond donors (Lipinski definition) is 2. The number of benzene rings is 4. The number of aryl methyl sites for hydroxylation is 1. The number of rotatable bonds is 9. The SMILES string of the molecule is Cc1ccc(C=NCC(N=Cc2ccc(OCc3ccccc3)cc2O)c2ccccc2)c(O)c1. The highest BCUT2D eigenvalue weighted by molar-refractivity contribution is 5.84. The van der Waals surface area contributed by atoms with Gasteiger partial charge in [0.1, 0.15) is 23.9 Å². The van der Waals surface area contributed by atoms with E-state index in [1.54, 1.807) is 30.6 Å². The fourth-order valence-electron chi connectivity index (χ4n) is 3.56. The lowest BCUT2D eigenvalue weighted by molar-refractivity contribution is 0.304. The average Bonchev–Trinajstić information content (AvgIpc) is 2.88. The molecule has 0 bridgehead atoms. The van der Waals surface area contributed by atoms with Crippen molar-refractivity contribution in [2.24, 2.45) is 9.98 Å². The maximum atomic E-state index is 10.5. The Morgan fingerprint density at radius 1 is 0.771 bits per heavy atom.